The third-order valence-electron chi connectivity index (χ3n) is 6.99. The predicted molar refractivity (Wildman–Crippen MR) is 141 cm³/mol. The predicted octanol–water partition coefficient (Wildman–Crippen LogP) is 3.77. The van der Waals surface area contributed by atoms with Gasteiger partial charge in [-0.3, -0.25) is 0 Å². The van der Waals surface area contributed by atoms with Crippen LogP contribution < -0.4 is 15.5 Å². The third kappa shape index (κ3) is 3.50. The molecule has 1 aromatic carbocycles. The van der Waals surface area contributed by atoms with Crippen LogP contribution in [0.3, 0.4) is 0 Å². The van der Waals surface area contributed by atoms with E-state index < -0.39 is 0 Å². The fourth-order valence-corrected chi connectivity index (χ4v) is 7.00. The summed E-state index contributed by atoms with van der Waals surface area (Å²) in [5.74, 6) is 0.854. The van der Waals surface area contributed by atoms with E-state index in [9.17, 15) is 10.1 Å². The number of fused-ring (bicyclic) bond motifs is 3. The number of urea groups is 1. The smallest absolute Gasteiger partial charge is 0.315 e. The molecule has 0 radical (unpaired) electrons. The summed E-state index contributed by atoms with van der Waals surface area (Å²) in [6, 6.07) is 10.4. The van der Waals surface area contributed by atoms with Crippen LogP contribution in [0.1, 0.15) is 29.5 Å². The van der Waals surface area contributed by atoms with E-state index in [4.69, 9.17) is 20.8 Å². The maximum atomic E-state index is 11.7. The van der Waals surface area contributed by atoms with Gasteiger partial charge in [0.25, 0.3) is 0 Å². The molecule has 6 rings (SSSR count). The Morgan fingerprint density at radius 2 is 2.00 bits per heavy atom. The lowest BCUT2D eigenvalue weighted by Gasteiger charge is -2.32. The number of thiazole rings is 1. The molecule has 184 valence electrons. The number of likely N-dealkylation sites (tertiary alicyclic amines) is 1. The second kappa shape index (κ2) is 8.46. The number of imidazole rings is 1. The molecule has 2 fully saturated rings. The Morgan fingerprint density at radius 1 is 1.22 bits per heavy atom. The van der Waals surface area contributed by atoms with Crippen LogP contribution in [-0.2, 0) is 6.42 Å². The van der Waals surface area contributed by atoms with E-state index in [0.717, 1.165) is 52.1 Å². The van der Waals surface area contributed by atoms with Crippen molar-refractivity contribution in [2.75, 3.05) is 29.9 Å². The Morgan fingerprint density at radius 3 is 2.64 bits per heavy atom. The standard InChI is InChI=1S/C24H25N9OS2/c1-4-17-20(30(3)22-28-19(18(10-25)35-22)14-7-5-13(2)6-8-14)33-23(27-17)36-24(29-33)32-12-15-9-16(32)11-31(15)21(26)34/h5-8,15-16H,4,9,11-12H2,1-3H3,(H2,26,34). The van der Waals surface area contributed by atoms with Crippen molar-refractivity contribution in [3.63, 3.8) is 0 Å². The number of aryl methyl sites for hydroxylation is 2. The van der Waals surface area contributed by atoms with Crippen molar-refractivity contribution in [1.82, 2.24) is 24.5 Å². The molecule has 10 nitrogen and oxygen atoms in total. The van der Waals surface area contributed by atoms with E-state index in [1.165, 1.54) is 11.3 Å². The molecule has 2 bridgehead atoms. The normalized spacial score (nSPS) is 18.8. The van der Waals surface area contributed by atoms with Crippen molar-refractivity contribution in [2.24, 2.45) is 5.73 Å². The fraction of sp³-hybridized carbons (Fsp3) is 0.375. The average Bonchev–Trinajstić information content (AvgIpc) is 3.68. The summed E-state index contributed by atoms with van der Waals surface area (Å²) in [5, 5.41) is 16.4. The highest BCUT2D eigenvalue weighted by atomic mass is 32.1. The van der Waals surface area contributed by atoms with Crippen LogP contribution in [0.4, 0.5) is 20.9 Å². The average molecular weight is 520 g/mol. The van der Waals surface area contributed by atoms with Gasteiger partial charge in [0, 0.05) is 25.7 Å². The number of hydrogen-bond acceptors (Lipinski definition) is 9. The van der Waals surface area contributed by atoms with Gasteiger partial charge in [-0.1, -0.05) is 59.4 Å². The van der Waals surface area contributed by atoms with Crippen molar-refractivity contribution >= 4 is 49.7 Å². The Bertz CT molecular complexity index is 1510. The van der Waals surface area contributed by atoms with E-state index in [1.54, 1.807) is 16.2 Å². The molecule has 0 spiro atoms. The second-order valence-corrected chi connectivity index (χ2v) is 11.1. The Hall–Kier alpha value is -3.69. The Kier molecular flexibility index (Phi) is 5.35. The maximum absolute atomic E-state index is 11.7. The summed E-state index contributed by atoms with van der Waals surface area (Å²) in [7, 11) is 1.95. The van der Waals surface area contributed by atoms with Crippen LogP contribution in [0, 0.1) is 18.3 Å². The molecular weight excluding hydrogens is 494 g/mol. The van der Waals surface area contributed by atoms with Crippen LogP contribution >= 0.6 is 22.7 Å². The number of rotatable bonds is 5. The van der Waals surface area contributed by atoms with Crippen molar-refractivity contribution in [3.8, 4) is 17.3 Å². The quantitative estimate of drug-likeness (QED) is 0.426. The van der Waals surface area contributed by atoms with Gasteiger partial charge >= 0.3 is 6.03 Å². The van der Waals surface area contributed by atoms with Crippen molar-refractivity contribution in [1.29, 1.82) is 5.26 Å². The van der Waals surface area contributed by atoms with Gasteiger partial charge in [-0.2, -0.15) is 9.78 Å². The number of aromatic nitrogens is 4. The summed E-state index contributed by atoms with van der Waals surface area (Å²) in [4.78, 5) is 28.8. The fourth-order valence-electron chi connectivity index (χ4n) is 5.16. The zero-order chi connectivity index (χ0) is 25.1. The van der Waals surface area contributed by atoms with Crippen LogP contribution in [0.15, 0.2) is 24.3 Å². The zero-order valence-electron chi connectivity index (χ0n) is 20.2. The third-order valence-corrected chi connectivity index (χ3v) is 8.97. The molecule has 0 saturated carbocycles. The maximum Gasteiger partial charge on any atom is 0.315 e. The lowest BCUT2D eigenvalue weighted by atomic mass is 10.1. The molecule has 5 heterocycles. The molecule has 36 heavy (non-hydrogen) atoms. The van der Waals surface area contributed by atoms with Crippen LogP contribution in [0.2, 0.25) is 0 Å². The molecule has 3 aromatic heterocycles. The number of carbonyl (C=O) groups excluding carboxylic acids is 1. The molecule has 2 unspecified atom stereocenters. The van der Waals surface area contributed by atoms with Gasteiger partial charge < -0.3 is 20.4 Å². The number of carbonyl (C=O) groups is 1. The largest absolute Gasteiger partial charge is 0.351 e. The summed E-state index contributed by atoms with van der Waals surface area (Å²) in [6.45, 7) is 5.47. The lowest BCUT2D eigenvalue weighted by Crippen LogP contribution is -2.50. The van der Waals surface area contributed by atoms with E-state index in [0.29, 0.717) is 22.2 Å². The first kappa shape index (κ1) is 22.8. The molecular formula is C24H25N9OS2. The van der Waals surface area contributed by atoms with Crippen LogP contribution in [-0.4, -0.2) is 62.7 Å². The molecule has 4 aromatic rings. The number of nitrogens with two attached hydrogens (primary N) is 1. The van der Waals surface area contributed by atoms with Gasteiger partial charge in [0.15, 0.2) is 10.9 Å². The first-order chi connectivity index (χ1) is 17.4. The zero-order valence-corrected chi connectivity index (χ0v) is 21.8. The van der Waals surface area contributed by atoms with Crippen LogP contribution in [0.5, 0.6) is 0 Å². The lowest BCUT2D eigenvalue weighted by molar-refractivity contribution is 0.198. The highest BCUT2D eigenvalue weighted by Gasteiger charge is 2.46. The van der Waals surface area contributed by atoms with E-state index in [2.05, 4.69) is 17.9 Å². The highest BCUT2D eigenvalue weighted by molar-refractivity contribution is 7.20. The van der Waals surface area contributed by atoms with Crippen molar-refractivity contribution in [3.05, 3.63) is 40.4 Å². The number of nitrogens with zero attached hydrogens (tertiary/aromatic N) is 8. The summed E-state index contributed by atoms with van der Waals surface area (Å²) in [5.41, 5.74) is 9.23. The molecule has 2 amide bonds. The van der Waals surface area contributed by atoms with Gasteiger partial charge in [-0.05, 0) is 19.8 Å². The van der Waals surface area contributed by atoms with Gasteiger partial charge in [-0.25, -0.2) is 14.8 Å². The molecule has 12 heteroatoms. The topological polar surface area (TPSA) is 120 Å². The highest BCUT2D eigenvalue weighted by Crippen LogP contribution is 2.40. The minimum Gasteiger partial charge on any atom is -0.351 e. The number of benzene rings is 1. The van der Waals surface area contributed by atoms with E-state index in [-0.39, 0.29) is 18.1 Å². The molecule has 2 aliphatic rings. The Balaban J connectivity index is 1.35. The van der Waals surface area contributed by atoms with Gasteiger partial charge in [0.05, 0.1) is 17.8 Å². The molecule has 2 N–H and O–H groups in total. The molecule has 0 aliphatic carbocycles. The van der Waals surface area contributed by atoms with Crippen molar-refractivity contribution < 1.29 is 4.79 Å². The first-order valence-electron chi connectivity index (χ1n) is 11.8. The number of nitriles is 1. The van der Waals surface area contributed by atoms with Gasteiger partial charge in [-0.15, -0.1) is 5.10 Å². The number of primary amides is 1. The molecule has 2 aliphatic heterocycles. The number of piperazine rings is 1. The summed E-state index contributed by atoms with van der Waals surface area (Å²) >= 11 is 2.92. The van der Waals surface area contributed by atoms with E-state index >= 15 is 0 Å². The number of hydrogen-bond donors (Lipinski definition) is 1. The van der Waals surface area contributed by atoms with Crippen molar-refractivity contribution in [2.45, 2.75) is 38.8 Å². The Labute approximate surface area is 216 Å². The summed E-state index contributed by atoms with van der Waals surface area (Å²) < 4.78 is 1.88. The van der Waals surface area contributed by atoms with E-state index in [1.807, 2.05) is 47.7 Å². The van der Waals surface area contributed by atoms with Gasteiger partial charge in [0.1, 0.15) is 16.6 Å². The molecule has 2 atom stereocenters. The first-order valence-corrected chi connectivity index (χ1v) is 13.4. The van der Waals surface area contributed by atoms with Crippen LogP contribution in [0.25, 0.3) is 16.2 Å². The SMILES string of the molecule is CCc1nc2sc(N3CC4CC3CN4C(N)=O)nn2c1N(C)c1nc(-c2ccc(C)cc2)c(C#N)s1. The number of anilines is 3. The monoisotopic (exact) mass is 519 g/mol. The molecule has 2 saturated heterocycles. The minimum atomic E-state index is -0.349. The van der Waals surface area contributed by atoms with Gasteiger partial charge in [0.2, 0.25) is 10.1 Å². The summed E-state index contributed by atoms with van der Waals surface area (Å²) in [6.07, 6.45) is 1.66. The number of amides is 2. The second-order valence-electron chi connectivity index (χ2n) is 9.21. The minimum absolute atomic E-state index is 0.136.